The molecule has 2 rings (SSSR count). The second-order valence-corrected chi connectivity index (χ2v) is 5.36. The second-order valence-electron chi connectivity index (χ2n) is 4.96. The standard InChI is InChI=1S/C14H20ClFN2/c1-2-5-10-6-3-4-7-18(10)14-8-11(15)12(16)9-13(14)17/h8-10H,2-7,17H2,1H3. The lowest BCUT2D eigenvalue weighted by Crippen LogP contribution is -2.39. The van der Waals surface area contributed by atoms with E-state index in [1.807, 2.05) is 0 Å². The van der Waals surface area contributed by atoms with E-state index in [0.717, 1.165) is 31.5 Å². The van der Waals surface area contributed by atoms with E-state index in [-0.39, 0.29) is 5.02 Å². The van der Waals surface area contributed by atoms with Gasteiger partial charge < -0.3 is 10.6 Å². The molecule has 1 aromatic rings. The fraction of sp³-hybridized carbons (Fsp3) is 0.571. The van der Waals surface area contributed by atoms with Gasteiger partial charge in [-0.3, -0.25) is 0 Å². The highest BCUT2D eigenvalue weighted by atomic mass is 35.5. The van der Waals surface area contributed by atoms with E-state index in [4.69, 9.17) is 17.3 Å². The number of benzene rings is 1. The third kappa shape index (κ3) is 2.72. The summed E-state index contributed by atoms with van der Waals surface area (Å²) in [5, 5.41) is 0.153. The van der Waals surface area contributed by atoms with Gasteiger partial charge in [0.1, 0.15) is 5.82 Å². The molecule has 1 unspecified atom stereocenters. The number of rotatable bonds is 3. The molecule has 0 aliphatic carbocycles. The molecule has 4 heteroatoms. The van der Waals surface area contributed by atoms with Gasteiger partial charge in [-0.25, -0.2) is 4.39 Å². The first-order chi connectivity index (χ1) is 8.63. The molecule has 2 N–H and O–H groups in total. The summed E-state index contributed by atoms with van der Waals surface area (Å²) in [6.45, 7) is 3.17. The molecule has 1 aliphatic rings. The molecule has 1 heterocycles. The molecule has 0 aromatic heterocycles. The van der Waals surface area contributed by atoms with Crippen molar-refractivity contribution in [1.29, 1.82) is 0 Å². The van der Waals surface area contributed by atoms with Crippen molar-refractivity contribution in [2.45, 2.75) is 45.1 Å². The predicted molar refractivity (Wildman–Crippen MR) is 75.7 cm³/mol. The Morgan fingerprint density at radius 2 is 2.22 bits per heavy atom. The van der Waals surface area contributed by atoms with Crippen LogP contribution >= 0.6 is 11.6 Å². The minimum atomic E-state index is -0.443. The Hall–Kier alpha value is -0.960. The predicted octanol–water partition coefficient (Wildman–Crippen LogP) is 4.22. The molecule has 0 saturated carbocycles. The molecule has 2 nitrogen and oxygen atoms in total. The molecule has 0 spiro atoms. The fourth-order valence-corrected chi connectivity index (χ4v) is 2.91. The summed E-state index contributed by atoms with van der Waals surface area (Å²) in [6.07, 6.45) is 5.90. The third-order valence-electron chi connectivity index (χ3n) is 3.63. The summed E-state index contributed by atoms with van der Waals surface area (Å²) >= 11 is 5.87. The van der Waals surface area contributed by atoms with Gasteiger partial charge in [0, 0.05) is 18.7 Å². The molecular weight excluding hydrogens is 251 g/mol. The number of nitrogens with zero attached hydrogens (tertiary/aromatic N) is 1. The van der Waals surface area contributed by atoms with Crippen LogP contribution in [0.3, 0.4) is 0 Å². The average molecular weight is 271 g/mol. The Balaban J connectivity index is 2.30. The summed E-state index contributed by atoms with van der Waals surface area (Å²) < 4.78 is 13.3. The highest BCUT2D eigenvalue weighted by Crippen LogP contribution is 2.34. The molecule has 1 aromatic carbocycles. The van der Waals surface area contributed by atoms with Crippen LogP contribution in [-0.4, -0.2) is 12.6 Å². The van der Waals surface area contributed by atoms with E-state index < -0.39 is 5.82 Å². The molecule has 1 aliphatic heterocycles. The van der Waals surface area contributed by atoms with Crippen molar-refractivity contribution in [2.24, 2.45) is 0 Å². The molecule has 1 saturated heterocycles. The van der Waals surface area contributed by atoms with Crippen LogP contribution in [0, 0.1) is 5.82 Å². The Labute approximate surface area is 113 Å². The Kier molecular flexibility index (Phi) is 4.33. The van der Waals surface area contributed by atoms with Crippen molar-refractivity contribution in [3.63, 3.8) is 0 Å². The number of hydrogen-bond donors (Lipinski definition) is 1. The van der Waals surface area contributed by atoms with Crippen molar-refractivity contribution in [2.75, 3.05) is 17.2 Å². The lowest BCUT2D eigenvalue weighted by atomic mass is 9.97. The first-order valence-electron chi connectivity index (χ1n) is 6.64. The number of piperidine rings is 1. The van der Waals surface area contributed by atoms with E-state index in [1.54, 1.807) is 6.07 Å². The van der Waals surface area contributed by atoms with Crippen LogP contribution in [0.15, 0.2) is 12.1 Å². The Morgan fingerprint density at radius 3 is 2.94 bits per heavy atom. The van der Waals surface area contributed by atoms with Crippen LogP contribution in [0.1, 0.15) is 39.0 Å². The van der Waals surface area contributed by atoms with Gasteiger partial charge in [-0.2, -0.15) is 0 Å². The minimum absolute atomic E-state index is 0.153. The summed E-state index contributed by atoms with van der Waals surface area (Å²) in [5.41, 5.74) is 7.31. The van der Waals surface area contributed by atoms with Gasteiger partial charge in [-0.1, -0.05) is 24.9 Å². The SMILES string of the molecule is CCCC1CCCCN1c1cc(Cl)c(F)cc1N. The largest absolute Gasteiger partial charge is 0.397 e. The zero-order chi connectivity index (χ0) is 13.1. The highest BCUT2D eigenvalue weighted by molar-refractivity contribution is 6.31. The molecule has 0 amide bonds. The van der Waals surface area contributed by atoms with Gasteiger partial charge >= 0.3 is 0 Å². The smallest absolute Gasteiger partial charge is 0.143 e. The monoisotopic (exact) mass is 270 g/mol. The number of hydrogen-bond acceptors (Lipinski definition) is 2. The Bertz CT molecular complexity index is 421. The van der Waals surface area contributed by atoms with Crippen LogP contribution in [0.25, 0.3) is 0 Å². The lowest BCUT2D eigenvalue weighted by molar-refractivity contribution is 0.435. The first kappa shape index (κ1) is 13.5. The second kappa shape index (κ2) is 5.79. The van der Waals surface area contributed by atoms with Crippen LogP contribution in [0.4, 0.5) is 15.8 Å². The van der Waals surface area contributed by atoms with Crippen LogP contribution in [0.5, 0.6) is 0 Å². The van der Waals surface area contributed by atoms with Crippen LogP contribution < -0.4 is 10.6 Å². The number of nitrogens with two attached hydrogens (primary N) is 1. The molecule has 1 fully saturated rings. The molecule has 0 bridgehead atoms. The molecule has 1 atom stereocenters. The molecule has 18 heavy (non-hydrogen) atoms. The average Bonchev–Trinajstić information content (AvgIpc) is 2.35. The summed E-state index contributed by atoms with van der Waals surface area (Å²) in [4.78, 5) is 2.30. The van der Waals surface area contributed by atoms with Crippen LogP contribution in [0.2, 0.25) is 5.02 Å². The normalized spacial score (nSPS) is 20.2. The summed E-state index contributed by atoms with van der Waals surface area (Å²) in [6, 6.07) is 3.50. The highest BCUT2D eigenvalue weighted by Gasteiger charge is 2.24. The van der Waals surface area contributed by atoms with E-state index in [0.29, 0.717) is 11.7 Å². The number of halogens is 2. The summed E-state index contributed by atoms with van der Waals surface area (Å²) in [7, 11) is 0. The summed E-state index contributed by atoms with van der Waals surface area (Å²) in [5.74, 6) is -0.443. The van der Waals surface area contributed by atoms with E-state index in [1.165, 1.54) is 18.9 Å². The zero-order valence-corrected chi connectivity index (χ0v) is 11.5. The van der Waals surface area contributed by atoms with E-state index in [9.17, 15) is 4.39 Å². The maximum absolute atomic E-state index is 13.3. The van der Waals surface area contributed by atoms with Gasteiger partial charge in [-0.05, 0) is 31.7 Å². The van der Waals surface area contributed by atoms with Crippen molar-refractivity contribution in [3.05, 3.63) is 23.0 Å². The number of nitrogen functional groups attached to an aromatic ring is 1. The zero-order valence-electron chi connectivity index (χ0n) is 10.8. The first-order valence-corrected chi connectivity index (χ1v) is 7.02. The lowest BCUT2D eigenvalue weighted by Gasteiger charge is -2.38. The van der Waals surface area contributed by atoms with Crippen molar-refractivity contribution >= 4 is 23.0 Å². The van der Waals surface area contributed by atoms with Gasteiger partial charge in [0.2, 0.25) is 0 Å². The minimum Gasteiger partial charge on any atom is -0.397 e. The topological polar surface area (TPSA) is 29.3 Å². The van der Waals surface area contributed by atoms with E-state index in [2.05, 4.69) is 11.8 Å². The van der Waals surface area contributed by atoms with E-state index >= 15 is 0 Å². The van der Waals surface area contributed by atoms with Gasteiger partial charge in [-0.15, -0.1) is 0 Å². The third-order valence-corrected chi connectivity index (χ3v) is 3.92. The maximum atomic E-state index is 13.3. The maximum Gasteiger partial charge on any atom is 0.143 e. The fourth-order valence-electron chi connectivity index (χ4n) is 2.75. The quantitative estimate of drug-likeness (QED) is 0.833. The van der Waals surface area contributed by atoms with Crippen molar-refractivity contribution in [3.8, 4) is 0 Å². The van der Waals surface area contributed by atoms with Gasteiger partial charge in [0.05, 0.1) is 16.4 Å². The molecule has 100 valence electrons. The van der Waals surface area contributed by atoms with Gasteiger partial charge in [0.25, 0.3) is 0 Å². The van der Waals surface area contributed by atoms with Gasteiger partial charge in [0.15, 0.2) is 0 Å². The Morgan fingerprint density at radius 1 is 1.44 bits per heavy atom. The number of anilines is 2. The molecule has 0 radical (unpaired) electrons. The van der Waals surface area contributed by atoms with Crippen LogP contribution in [-0.2, 0) is 0 Å². The van der Waals surface area contributed by atoms with Crippen molar-refractivity contribution in [1.82, 2.24) is 0 Å². The van der Waals surface area contributed by atoms with Crippen molar-refractivity contribution < 1.29 is 4.39 Å². The molecular formula is C14H20ClFN2.